The highest BCUT2D eigenvalue weighted by Crippen LogP contribution is 2.39. The van der Waals surface area contributed by atoms with Crippen LogP contribution in [0.25, 0.3) is 0 Å². The number of sulfonamides is 1. The number of ether oxygens (including phenoxy) is 2. The van der Waals surface area contributed by atoms with Crippen molar-refractivity contribution in [3.63, 3.8) is 0 Å². The van der Waals surface area contributed by atoms with Gasteiger partial charge in [0, 0.05) is 19.0 Å². The quantitative estimate of drug-likeness (QED) is 0.758. The smallest absolute Gasteiger partial charge is 0.243 e. The van der Waals surface area contributed by atoms with E-state index in [4.69, 9.17) is 9.47 Å². The van der Waals surface area contributed by atoms with E-state index in [-0.39, 0.29) is 23.4 Å². The van der Waals surface area contributed by atoms with E-state index in [1.54, 1.807) is 12.1 Å². The summed E-state index contributed by atoms with van der Waals surface area (Å²) >= 11 is 0. The molecule has 0 saturated heterocycles. The number of hydrogen-bond acceptors (Lipinski definition) is 5. The molecule has 0 radical (unpaired) electrons. The second-order valence-corrected chi connectivity index (χ2v) is 10.2. The number of likely N-dealkylation sites (N-methyl/N-ethyl adjacent to an activating group) is 1. The molecular weight excluding hydrogens is 404 g/mol. The molecule has 0 fully saturated rings. The van der Waals surface area contributed by atoms with Crippen molar-refractivity contribution in [1.82, 2.24) is 9.62 Å². The van der Waals surface area contributed by atoms with Crippen LogP contribution in [0.15, 0.2) is 47.4 Å². The summed E-state index contributed by atoms with van der Waals surface area (Å²) in [5.41, 5.74) is 1.53. The second-order valence-electron chi connectivity index (χ2n) is 8.16. The van der Waals surface area contributed by atoms with Crippen LogP contribution in [-0.4, -0.2) is 44.9 Å². The third-order valence-corrected chi connectivity index (χ3v) is 6.91. The van der Waals surface area contributed by atoms with Crippen LogP contribution < -0.4 is 14.8 Å². The Bertz CT molecular complexity index is 1030. The third kappa shape index (κ3) is 4.76. The van der Waals surface area contributed by atoms with Gasteiger partial charge in [-0.25, -0.2) is 8.42 Å². The Labute approximate surface area is 178 Å². The number of aryl methyl sites for hydroxylation is 1. The highest BCUT2D eigenvalue weighted by atomic mass is 32.2. The predicted octanol–water partition coefficient (Wildman–Crippen LogP) is 3.04. The first kappa shape index (κ1) is 22.1. The van der Waals surface area contributed by atoms with Gasteiger partial charge in [-0.2, -0.15) is 4.31 Å². The van der Waals surface area contributed by atoms with Crippen molar-refractivity contribution in [2.24, 2.45) is 0 Å². The maximum Gasteiger partial charge on any atom is 0.243 e. The van der Waals surface area contributed by atoms with Gasteiger partial charge in [0.25, 0.3) is 0 Å². The van der Waals surface area contributed by atoms with E-state index >= 15 is 0 Å². The number of fused-ring (bicyclic) bond motifs is 1. The zero-order chi connectivity index (χ0) is 22.1. The van der Waals surface area contributed by atoms with Crippen LogP contribution in [0.1, 0.15) is 37.4 Å². The summed E-state index contributed by atoms with van der Waals surface area (Å²) in [6.45, 7) is 5.63. The Morgan fingerprint density at radius 1 is 1.23 bits per heavy atom. The molecule has 3 rings (SSSR count). The van der Waals surface area contributed by atoms with Crippen LogP contribution in [0.4, 0.5) is 0 Å². The summed E-state index contributed by atoms with van der Waals surface area (Å²) < 4.78 is 37.7. The lowest BCUT2D eigenvalue weighted by Crippen LogP contribution is -2.44. The van der Waals surface area contributed by atoms with Gasteiger partial charge in [-0.1, -0.05) is 17.7 Å². The Hall–Kier alpha value is -2.58. The number of benzene rings is 2. The highest BCUT2D eigenvalue weighted by molar-refractivity contribution is 7.89. The summed E-state index contributed by atoms with van der Waals surface area (Å²) in [5.74, 6) is 0.927. The Morgan fingerprint density at radius 2 is 1.90 bits per heavy atom. The largest absolute Gasteiger partial charge is 0.497 e. The molecule has 8 heteroatoms. The zero-order valence-electron chi connectivity index (χ0n) is 17.9. The number of hydrogen-bond donors (Lipinski definition) is 1. The summed E-state index contributed by atoms with van der Waals surface area (Å²) in [7, 11) is -0.893. The van der Waals surface area contributed by atoms with Gasteiger partial charge in [0.2, 0.25) is 15.9 Å². The van der Waals surface area contributed by atoms with Gasteiger partial charge in [-0.15, -0.1) is 0 Å². The van der Waals surface area contributed by atoms with Crippen molar-refractivity contribution < 1.29 is 22.7 Å². The number of carbonyl (C=O) groups excluding carboxylic acids is 1. The SMILES string of the molecule is COc1ccc(S(=O)(=O)N(C)CC(=O)N[C@@H]2CC(C)(C)Oc3ccc(C)cc32)cc1. The lowest BCUT2D eigenvalue weighted by atomic mass is 9.89. The molecule has 1 N–H and O–H groups in total. The van der Waals surface area contributed by atoms with E-state index in [0.717, 1.165) is 21.2 Å². The van der Waals surface area contributed by atoms with Crippen molar-refractivity contribution >= 4 is 15.9 Å². The van der Waals surface area contributed by atoms with E-state index in [1.165, 1.54) is 26.3 Å². The number of amides is 1. The van der Waals surface area contributed by atoms with Crippen molar-refractivity contribution in [2.45, 2.75) is 43.7 Å². The molecule has 0 aliphatic carbocycles. The van der Waals surface area contributed by atoms with Crippen LogP contribution in [0.5, 0.6) is 11.5 Å². The van der Waals surface area contributed by atoms with Crippen molar-refractivity contribution in [3.05, 3.63) is 53.6 Å². The maximum atomic E-state index is 12.8. The molecule has 162 valence electrons. The molecule has 2 aromatic rings. The van der Waals surface area contributed by atoms with E-state index in [0.29, 0.717) is 12.2 Å². The third-order valence-electron chi connectivity index (χ3n) is 5.09. The molecule has 1 atom stereocenters. The number of nitrogens with zero attached hydrogens (tertiary/aromatic N) is 1. The molecule has 2 aromatic carbocycles. The number of carbonyl (C=O) groups is 1. The van der Waals surface area contributed by atoms with Crippen LogP contribution in [-0.2, 0) is 14.8 Å². The number of methoxy groups -OCH3 is 1. The summed E-state index contributed by atoms with van der Waals surface area (Å²) in [5, 5.41) is 2.99. The topological polar surface area (TPSA) is 84.9 Å². The standard InChI is InChI=1S/C22H28N2O5S/c1-15-6-11-20-18(12-15)19(13-22(2,3)29-20)23-21(25)14-24(4)30(26,27)17-9-7-16(28-5)8-10-17/h6-12,19H,13-14H2,1-5H3,(H,23,25)/t19-/m1/s1. The van der Waals surface area contributed by atoms with Gasteiger partial charge >= 0.3 is 0 Å². The normalized spacial score (nSPS) is 17.7. The van der Waals surface area contributed by atoms with Crippen molar-refractivity contribution in [3.8, 4) is 11.5 Å². The van der Waals surface area contributed by atoms with Crippen LogP contribution in [0.2, 0.25) is 0 Å². The molecular formula is C22H28N2O5S. The Morgan fingerprint density at radius 3 is 2.53 bits per heavy atom. The fourth-order valence-electron chi connectivity index (χ4n) is 3.56. The monoisotopic (exact) mass is 432 g/mol. The second kappa shape index (κ2) is 8.28. The van der Waals surface area contributed by atoms with Gasteiger partial charge in [0.1, 0.15) is 17.1 Å². The van der Waals surface area contributed by atoms with Gasteiger partial charge in [-0.05, 0) is 51.1 Å². The molecule has 1 aliphatic heterocycles. The summed E-state index contributed by atoms with van der Waals surface area (Å²) in [4.78, 5) is 12.8. The fraction of sp³-hybridized carbons (Fsp3) is 0.409. The van der Waals surface area contributed by atoms with Gasteiger partial charge in [-0.3, -0.25) is 4.79 Å². The minimum atomic E-state index is -3.80. The molecule has 1 heterocycles. The van der Waals surface area contributed by atoms with Gasteiger partial charge in [0.05, 0.1) is 24.6 Å². The molecule has 0 aromatic heterocycles. The fourth-order valence-corrected chi connectivity index (χ4v) is 4.68. The van der Waals surface area contributed by atoms with E-state index in [9.17, 15) is 13.2 Å². The average molecular weight is 433 g/mol. The lowest BCUT2D eigenvalue weighted by Gasteiger charge is -2.38. The molecule has 0 bridgehead atoms. The molecule has 1 amide bonds. The van der Waals surface area contributed by atoms with E-state index in [1.807, 2.05) is 39.0 Å². The van der Waals surface area contributed by atoms with Crippen molar-refractivity contribution in [1.29, 1.82) is 0 Å². The molecule has 7 nitrogen and oxygen atoms in total. The molecule has 0 saturated carbocycles. The van der Waals surface area contributed by atoms with Crippen LogP contribution in [0, 0.1) is 6.92 Å². The molecule has 0 spiro atoms. The first-order chi connectivity index (χ1) is 14.0. The minimum absolute atomic E-state index is 0.103. The zero-order valence-corrected chi connectivity index (χ0v) is 18.7. The molecule has 0 unspecified atom stereocenters. The Balaban J connectivity index is 1.74. The molecule has 30 heavy (non-hydrogen) atoms. The maximum absolute atomic E-state index is 12.8. The number of rotatable bonds is 6. The van der Waals surface area contributed by atoms with E-state index in [2.05, 4.69) is 5.32 Å². The minimum Gasteiger partial charge on any atom is -0.497 e. The van der Waals surface area contributed by atoms with Gasteiger partial charge < -0.3 is 14.8 Å². The number of nitrogens with one attached hydrogen (secondary N) is 1. The first-order valence-electron chi connectivity index (χ1n) is 9.71. The summed E-state index contributed by atoms with van der Waals surface area (Å²) in [6.07, 6.45) is 0.587. The lowest BCUT2D eigenvalue weighted by molar-refractivity contribution is -0.122. The summed E-state index contributed by atoms with van der Waals surface area (Å²) in [6, 6.07) is 11.7. The first-order valence-corrected chi connectivity index (χ1v) is 11.2. The average Bonchev–Trinajstić information content (AvgIpc) is 2.67. The Kier molecular flexibility index (Phi) is 6.10. The van der Waals surface area contributed by atoms with Crippen LogP contribution >= 0.6 is 0 Å². The van der Waals surface area contributed by atoms with Crippen molar-refractivity contribution in [2.75, 3.05) is 20.7 Å². The molecule has 1 aliphatic rings. The van der Waals surface area contributed by atoms with E-state index < -0.39 is 15.6 Å². The predicted molar refractivity (Wildman–Crippen MR) is 114 cm³/mol. The van der Waals surface area contributed by atoms with Crippen LogP contribution in [0.3, 0.4) is 0 Å². The highest BCUT2D eigenvalue weighted by Gasteiger charge is 2.35. The van der Waals surface area contributed by atoms with Gasteiger partial charge in [0.15, 0.2) is 0 Å².